The first-order valence-electron chi connectivity index (χ1n) is 7.44. The Balaban J connectivity index is 1.96. The summed E-state index contributed by atoms with van der Waals surface area (Å²) in [5.41, 5.74) is 3.04. The van der Waals surface area contributed by atoms with Crippen molar-refractivity contribution in [2.45, 2.75) is 40.0 Å². The molecule has 106 valence electrons. The maximum absolute atomic E-state index is 12.6. The number of benzene rings is 1. The summed E-state index contributed by atoms with van der Waals surface area (Å²) in [4.78, 5) is 26.6. The summed E-state index contributed by atoms with van der Waals surface area (Å²) in [6.07, 6.45) is 2.77. The van der Waals surface area contributed by atoms with Crippen molar-refractivity contribution in [3.05, 3.63) is 29.3 Å². The summed E-state index contributed by atoms with van der Waals surface area (Å²) < 4.78 is 0. The summed E-state index contributed by atoms with van der Waals surface area (Å²) in [6, 6.07) is 5.82. The van der Waals surface area contributed by atoms with Crippen molar-refractivity contribution in [2.75, 3.05) is 4.90 Å². The number of nitrogens with zero attached hydrogens (tertiary/aromatic N) is 1. The second kappa shape index (κ2) is 4.72. The van der Waals surface area contributed by atoms with Gasteiger partial charge < -0.3 is 0 Å². The fraction of sp³-hybridized carbons (Fsp3) is 0.529. The largest absolute Gasteiger partial charge is 0.274 e. The van der Waals surface area contributed by atoms with Gasteiger partial charge in [-0.05, 0) is 62.3 Å². The number of amides is 2. The van der Waals surface area contributed by atoms with E-state index >= 15 is 0 Å². The van der Waals surface area contributed by atoms with Gasteiger partial charge in [-0.2, -0.15) is 0 Å². The molecule has 0 radical (unpaired) electrons. The Hall–Kier alpha value is -1.64. The van der Waals surface area contributed by atoms with Gasteiger partial charge in [-0.3, -0.25) is 14.5 Å². The molecule has 1 saturated carbocycles. The number of fused-ring (bicyclic) bond motifs is 1. The van der Waals surface area contributed by atoms with Crippen LogP contribution < -0.4 is 4.90 Å². The molecule has 20 heavy (non-hydrogen) atoms. The maximum atomic E-state index is 12.6. The van der Waals surface area contributed by atoms with Crippen molar-refractivity contribution < 1.29 is 9.59 Å². The fourth-order valence-electron chi connectivity index (χ4n) is 3.51. The maximum Gasteiger partial charge on any atom is 0.237 e. The molecule has 1 aromatic carbocycles. The van der Waals surface area contributed by atoms with Crippen LogP contribution in [0.3, 0.4) is 0 Å². The number of hydrogen-bond donors (Lipinski definition) is 0. The van der Waals surface area contributed by atoms with Gasteiger partial charge in [0.1, 0.15) is 0 Å². The van der Waals surface area contributed by atoms with Crippen LogP contribution in [0.1, 0.15) is 37.3 Å². The molecule has 1 aliphatic heterocycles. The van der Waals surface area contributed by atoms with Crippen molar-refractivity contribution >= 4 is 17.5 Å². The molecule has 2 fully saturated rings. The summed E-state index contributed by atoms with van der Waals surface area (Å²) in [5, 5.41) is 0. The molecule has 1 aliphatic carbocycles. The summed E-state index contributed by atoms with van der Waals surface area (Å²) in [7, 11) is 0. The van der Waals surface area contributed by atoms with E-state index in [2.05, 4.69) is 6.92 Å². The third-order valence-corrected chi connectivity index (χ3v) is 4.94. The van der Waals surface area contributed by atoms with E-state index in [1.54, 1.807) is 0 Å². The molecule has 3 atom stereocenters. The number of rotatable bonds is 1. The lowest BCUT2D eigenvalue weighted by Crippen LogP contribution is -2.30. The number of aryl methyl sites for hydroxylation is 2. The summed E-state index contributed by atoms with van der Waals surface area (Å²) >= 11 is 0. The van der Waals surface area contributed by atoms with E-state index in [9.17, 15) is 9.59 Å². The lowest BCUT2D eigenvalue weighted by atomic mass is 9.76. The van der Waals surface area contributed by atoms with Gasteiger partial charge in [0.2, 0.25) is 11.8 Å². The molecular weight excluding hydrogens is 250 g/mol. The van der Waals surface area contributed by atoms with Gasteiger partial charge in [-0.25, -0.2) is 0 Å². The SMILES string of the molecule is Cc1ccc(N2C(=O)[C@H]3C[C@H](C)CC[C@H]3C2=O)cc1C. The van der Waals surface area contributed by atoms with Crippen LogP contribution in [0.2, 0.25) is 0 Å². The quantitative estimate of drug-likeness (QED) is 0.735. The van der Waals surface area contributed by atoms with E-state index in [4.69, 9.17) is 0 Å². The van der Waals surface area contributed by atoms with E-state index in [-0.39, 0.29) is 23.7 Å². The Bertz CT molecular complexity index is 578. The number of anilines is 1. The lowest BCUT2D eigenvalue weighted by Gasteiger charge is -2.25. The minimum Gasteiger partial charge on any atom is -0.274 e. The Labute approximate surface area is 120 Å². The zero-order valence-corrected chi connectivity index (χ0v) is 12.3. The topological polar surface area (TPSA) is 37.4 Å². The van der Waals surface area contributed by atoms with Gasteiger partial charge in [-0.1, -0.05) is 13.0 Å². The van der Waals surface area contributed by atoms with Crippen LogP contribution in [-0.4, -0.2) is 11.8 Å². The molecule has 2 aliphatic rings. The molecule has 0 N–H and O–H groups in total. The van der Waals surface area contributed by atoms with Crippen molar-refractivity contribution in [2.24, 2.45) is 17.8 Å². The van der Waals surface area contributed by atoms with E-state index in [1.807, 2.05) is 32.0 Å². The number of carbonyl (C=O) groups is 2. The highest BCUT2D eigenvalue weighted by Crippen LogP contribution is 2.42. The smallest absolute Gasteiger partial charge is 0.237 e. The van der Waals surface area contributed by atoms with Crippen LogP contribution in [0.5, 0.6) is 0 Å². The molecule has 1 aromatic rings. The van der Waals surface area contributed by atoms with Gasteiger partial charge in [0.15, 0.2) is 0 Å². The van der Waals surface area contributed by atoms with Crippen LogP contribution in [0.4, 0.5) is 5.69 Å². The summed E-state index contributed by atoms with van der Waals surface area (Å²) in [6.45, 7) is 6.22. The molecule has 3 rings (SSSR count). The Kier molecular flexibility index (Phi) is 3.15. The predicted molar refractivity (Wildman–Crippen MR) is 78.4 cm³/mol. The van der Waals surface area contributed by atoms with E-state index < -0.39 is 0 Å². The van der Waals surface area contributed by atoms with Gasteiger partial charge in [0.05, 0.1) is 17.5 Å². The van der Waals surface area contributed by atoms with Crippen molar-refractivity contribution in [1.29, 1.82) is 0 Å². The highest BCUT2D eigenvalue weighted by molar-refractivity contribution is 6.22. The van der Waals surface area contributed by atoms with E-state index in [0.29, 0.717) is 5.92 Å². The lowest BCUT2D eigenvalue weighted by molar-refractivity contribution is -0.122. The zero-order chi connectivity index (χ0) is 14.4. The molecule has 3 heteroatoms. The first-order chi connectivity index (χ1) is 9.49. The Morgan fingerprint density at radius 1 is 1.00 bits per heavy atom. The third-order valence-electron chi connectivity index (χ3n) is 4.94. The molecule has 0 unspecified atom stereocenters. The van der Waals surface area contributed by atoms with Gasteiger partial charge >= 0.3 is 0 Å². The number of imide groups is 1. The minimum absolute atomic E-state index is 0.00908. The molecule has 2 amide bonds. The third kappa shape index (κ3) is 1.96. The standard InChI is InChI=1S/C17H21NO2/c1-10-4-7-14-15(8-10)17(20)18(16(14)19)13-6-5-11(2)12(3)9-13/h5-6,9-10,14-15H,4,7-8H2,1-3H3/t10-,14-,15+/m1/s1. The Morgan fingerprint density at radius 2 is 1.70 bits per heavy atom. The Morgan fingerprint density at radius 3 is 2.40 bits per heavy atom. The molecular formula is C17H21NO2. The molecule has 0 aromatic heterocycles. The zero-order valence-electron chi connectivity index (χ0n) is 12.3. The molecule has 1 heterocycles. The first-order valence-corrected chi connectivity index (χ1v) is 7.44. The molecule has 3 nitrogen and oxygen atoms in total. The van der Waals surface area contributed by atoms with Crippen LogP contribution in [0.15, 0.2) is 18.2 Å². The second-order valence-electron chi connectivity index (χ2n) is 6.41. The van der Waals surface area contributed by atoms with E-state index in [1.165, 1.54) is 10.5 Å². The monoisotopic (exact) mass is 271 g/mol. The fourth-order valence-corrected chi connectivity index (χ4v) is 3.51. The first kappa shape index (κ1) is 13.3. The van der Waals surface area contributed by atoms with Crippen LogP contribution >= 0.6 is 0 Å². The van der Waals surface area contributed by atoms with Crippen molar-refractivity contribution in [1.82, 2.24) is 0 Å². The van der Waals surface area contributed by atoms with Crippen LogP contribution in [0, 0.1) is 31.6 Å². The summed E-state index contributed by atoms with van der Waals surface area (Å²) in [5.74, 6) is 0.394. The van der Waals surface area contributed by atoms with Crippen molar-refractivity contribution in [3.8, 4) is 0 Å². The van der Waals surface area contributed by atoms with Crippen molar-refractivity contribution in [3.63, 3.8) is 0 Å². The van der Waals surface area contributed by atoms with Gasteiger partial charge in [-0.15, -0.1) is 0 Å². The molecule has 1 saturated heterocycles. The molecule has 0 spiro atoms. The van der Waals surface area contributed by atoms with Crippen LogP contribution in [-0.2, 0) is 9.59 Å². The molecule has 0 bridgehead atoms. The average molecular weight is 271 g/mol. The van der Waals surface area contributed by atoms with Gasteiger partial charge in [0, 0.05) is 0 Å². The predicted octanol–water partition coefficient (Wildman–Crippen LogP) is 3.23. The van der Waals surface area contributed by atoms with E-state index in [0.717, 1.165) is 30.5 Å². The second-order valence-corrected chi connectivity index (χ2v) is 6.41. The van der Waals surface area contributed by atoms with Crippen LogP contribution in [0.25, 0.3) is 0 Å². The normalized spacial score (nSPS) is 29.8. The number of carbonyl (C=O) groups excluding carboxylic acids is 2. The number of hydrogen-bond acceptors (Lipinski definition) is 2. The average Bonchev–Trinajstić information content (AvgIpc) is 2.65. The highest BCUT2D eigenvalue weighted by atomic mass is 16.2. The minimum atomic E-state index is -0.0899. The van der Waals surface area contributed by atoms with Gasteiger partial charge in [0.25, 0.3) is 0 Å². The highest BCUT2D eigenvalue weighted by Gasteiger charge is 2.49.